The minimum absolute atomic E-state index is 0.0168. The zero-order chi connectivity index (χ0) is 18.8. The van der Waals surface area contributed by atoms with E-state index < -0.39 is 0 Å². The molecule has 0 radical (unpaired) electrons. The van der Waals surface area contributed by atoms with Crippen LogP contribution in [0.2, 0.25) is 0 Å². The average molecular weight is 378 g/mol. The van der Waals surface area contributed by atoms with E-state index in [1.165, 1.54) is 0 Å². The zero-order valence-corrected chi connectivity index (χ0v) is 15.8. The fourth-order valence-corrected chi connectivity index (χ4v) is 3.26. The molecule has 0 unspecified atom stereocenters. The number of carbonyl (C=O) groups excluding carboxylic acids is 1. The molecule has 0 atom stereocenters. The lowest BCUT2D eigenvalue weighted by molar-refractivity contribution is -0.129. The van der Waals surface area contributed by atoms with Gasteiger partial charge in [0, 0.05) is 36.6 Å². The topological polar surface area (TPSA) is 75.9 Å². The summed E-state index contributed by atoms with van der Waals surface area (Å²) in [7, 11) is 3.45. The molecule has 1 N–H and O–H groups in total. The first-order valence-electron chi connectivity index (χ1n) is 8.39. The number of aromatic nitrogens is 4. The Balaban J connectivity index is 1.67. The summed E-state index contributed by atoms with van der Waals surface area (Å²) in [6.07, 6.45) is 3.48. The first-order chi connectivity index (χ1) is 13.1. The Hall–Kier alpha value is -3.26. The highest BCUT2D eigenvalue weighted by molar-refractivity contribution is 7.08. The molecule has 0 bridgehead atoms. The molecule has 1 amide bonds. The smallest absolute Gasteiger partial charge is 0.243 e. The molecule has 0 aliphatic carbocycles. The van der Waals surface area contributed by atoms with E-state index >= 15 is 0 Å². The van der Waals surface area contributed by atoms with Crippen molar-refractivity contribution in [2.24, 2.45) is 0 Å². The minimum Gasteiger partial charge on any atom is -0.347 e. The Morgan fingerprint density at radius 3 is 2.85 bits per heavy atom. The van der Waals surface area contributed by atoms with Crippen LogP contribution in [-0.2, 0) is 11.3 Å². The molecule has 0 aliphatic rings. The molecule has 136 valence electrons. The van der Waals surface area contributed by atoms with Gasteiger partial charge in [0.05, 0.1) is 17.4 Å². The zero-order valence-electron chi connectivity index (χ0n) is 15.0. The number of nitrogens with one attached hydrogen (secondary N) is 1. The van der Waals surface area contributed by atoms with E-state index in [0.29, 0.717) is 11.6 Å². The van der Waals surface area contributed by atoms with Crippen molar-refractivity contribution in [1.29, 1.82) is 0 Å². The summed E-state index contributed by atoms with van der Waals surface area (Å²) in [4.78, 5) is 22.8. The van der Waals surface area contributed by atoms with Gasteiger partial charge in [-0.1, -0.05) is 12.1 Å². The van der Waals surface area contributed by atoms with Crippen molar-refractivity contribution in [1.82, 2.24) is 24.6 Å². The van der Waals surface area contributed by atoms with Gasteiger partial charge in [0.25, 0.3) is 0 Å². The first-order valence-corrected chi connectivity index (χ1v) is 9.33. The number of amides is 1. The third-order valence-electron chi connectivity index (χ3n) is 4.07. The Morgan fingerprint density at radius 1 is 1.22 bits per heavy atom. The summed E-state index contributed by atoms with van der Waals surface area (Å²) in [5, 5.41) is 12.5. The van der Waals surface area contributed by atoms with Crippen LogP contribution in [0.1, 0.15) is 0 Å². The largest absolute Gasteiger partial charge is 0.347 e. The predicted octanol–water partition coefficient (Wildman–Crippen LogP) is 3.39. The number of thiophene rings is 1. The summed E-state index contributed by atoms with van der Waals surface area (Å²) in [5.41, 5.74) is 2.62. The van der Waals surface area contributed by atoms with E-state index in [2.05, 4.69) is 15.4 Å². The van der Waals surface area contributed by atoms with Crippen LogP contribution >= 0.6 is 11.3 Å². The third-order valence-corrected chi connectivity index (χ3v) is 4.76. The molecule has 0 saturated carbocycles. The monoisotopic (exact) mass is 378 g/mol. The van der Waals surface area contributed by atoms with Crippen molar-refractivity contribution in [3.05, 3.63) is 53.5 Å². The number of likely N-dealkylation sites (N-methyl/N-ethyl adjacent to an activating group) is 1. The number of rotatable bonds is 5. The molecule has 0 fully saturated rings. The van der Waals surface area contributed by atoms with Gasteiger partial charge >= 0.3 is 0 Å². The van der Waals surface area contributed by atoms with Gasteiger partial charge in [0.1, 0.15) is 12.4 Å². The molecule has 0 spiro atoms. The Morgan fingerprint density at radius 2 is 2.07 bits per heavy atom. The molecule has 0 aliphatic heterocycles. The van der Waals surface area contributed by atoms with E-state index in [-0.39, 0.29) is 12.5 Å². The molecule has 27 heavy (non-hydrogen) atoms. The lowest BCUT2D eigenvalue weighted by Gasteiger charge is -2.10. The van der Waals surface area contributed by atoms with Crippen LogP contribution in [0.25, 0.3) is 22.3 Å². The van der Waals surface area contributed by atoms with Crippen LogP contribution in [0.5, 0.6) is 0 Å². The minimum atomic E-state index is -0.0168. The van der Waals surface area contributed by atoms with Gasteiger partial charge in [-0.3, -0.25) is 9.48 Å². The maximum atomic E-state index is 11.9. The number of para-hydroxylation sites is 1. The van der Waals surface area contributed by atoms with Crippen LogP contribution in [-0.4, -0.2) is 44.7 Å². The molecule has 0 saturated heterocycles. The number of fused-ring (bicyclic) bond motifs is 1. The second-order valence-electron chi connectivity index (χ2n) is 6.26. The molecule has 1 aromatic carbocycles. The van der Waals surface area contributed by atoms with Gasteiger partial charge in [-0.05, 0) is 23.6 Å². The van der Waals surface area contributed by atoms with Crippen molar-refractivity contribution in [3.63, 3.8) is 0 Å². The second-order valence-corrected chi connectivity index (χ2v) is 7.04. The standard InChI is InChI=1S/C19H18N6OS/c1-24(2)17(26)11-25-10-14(9-20-25)21-19-15-5-3-4-6-16(15)22-18(23-19)13-7-8-27-12-13/h3-10,12H,11H2,1-2H3,(H,21,22,23). The third kappa shape index (κ3) is 3.65. The summed E-state index contributed by atoms with van der Waals surface area (Å²) in [5.74, 6) is 1.37. The number of hydrogen-bond acceptors (Lipinski definition) is 6. The van der Waals surface area contributed by atoms with Crippen LogP contribution in [0.4, 0.5) is 11.5 Å². The van der Waals surface area contributed by atoms with Crippen molar-refractivity contribution in [3.8, 4) is 11.4 Å². The molecule has 3 aromatic heterocycles. The molecular weight excluding hydrogens is 360 g/mol. The van der Waals surface area contributed by atoms with Crippen LogP contribution in [0.15, 0.2) is 53.5 Å². The van der Waals surface area contributed by atoms with E-state index in [1.807, 2.05) is 41.1 Å². The van der Waals surface area contributed by atoms with Gasteiger partial charge in [0.15, 0.2) is 5.82 Å². The molecule has 4 aromatic rings. The lowest BCUT2D eigenvalue weighted by Crippen LogP contribution is -2.26. The maximum Gasteiger partial charge on any atom is 0.243 e. The van der Waals surface area contributed by atoms with Crippen LogP contribution < -0.4 is 5.32 Å². The molecule has 4 rings (SSSR count). The van der Waals surface area contributed by atoms with Crippen molar-refractivity contribution in [2.45, 2.75) is 6.54 Å². The van der Waals surface area contributed by atoms with Crippen molar-refractivity contribution < 1.29 is 4.79 Å². The molecular formula is C19H18N6OS. The highest BCUT2D eigenvalue weighted by Gasteiger charge is 2.12. The first kappa shape index (κ1) is 17.2. The molecule has 8 heteroatoms. The van der Waals surface area contributed by atoms with Gasteiger partial charge in [-0.2, -0.15) is 16.4 Å². The average Bonchev–Trinajstić information content (AvgIpc) is 3.34. The number of anilines is 2. The summed E-state index contributed by atoms with van der Waals surface area (Å²) in [6.45, 7) is 0.194. The van der Waals surface area contributed by atoms with Gasteiger partial charge in [-0.15, -0.1) is 0 Å². The normalized spacial score (nSPS) is 10.9. The summed E-state index contributed by atoms with van der Waals surface area (Å²) >= 11 is 1.61. The maximum absolute atomic E-state index is 11.9. The highest BCUT2D eigenvalue weighted by Crippen LogP contribution is 2.28. The van der Waals surface area contributed by atoms with Crippen molar-refractivity contribution in [2.75, 3.05) is 19.4 Å². The number of nitrogens with zero attached hydrogens (tertiary/aromatic N) is 5. The molecule has 3 heterocycles. The summed E-state index contributed by atoms with van der Waals surface area (Å²) < 4.78 is 1.60. The number of hydrogen-bond donors (Lipinski definition) is 1. The van der Waals surface area contributed by atoms with Gasteiger partial charge < -0.3 is 10.2 Å². The second kappa shape index (κ2) is 7.16. The number of carbonyl (C=O) groups is 1. The van der Waals surface area contributed by atoms with Crippen molar-refractivity contribution >= 4 is 39.7 Å². The molecule has 7 nitrogen and oxygen atoms in total. The van der Waals surface area contributed by atoms with Crippen LogP contribution in [0.3, 0.4) is 0 Å². The predicted molar refractivity (Wildman–Crippen MR) is 107 cm³/mol. The van der Waals surface area contributed by atoms with E-state index in [9.17, 15) is 4.79 Å². The van der Waals surface area contributed by atoms with E-state index in [0.717, 1.165) is 22.2 Å². The SMILES string of the molecule is CN(C)C(=O)Cn1cc(Nc2nc(-c3ccsc3)nc3ccccc23)cn1. The number of benzene rings is 1. The van der Waals surface area contributed by atoms with Gasteiger partial charge in [0.2, 0.25) is 5.91 Å². The Kier molecular flexibility index (Phi) is 4.55. The fourth-order valence-electron chi connectivity index (χ4n) is 2.62. The van der Waals surface area contributed by atoms with E-state index in [1.54, 1.807) is 47.4 Å². The van der Waals surface area contributed by atoms with Gasteiger partial charge in [-0.25, -0.2) is 9.97 Å². The van der Waals surface area contributed by atoms with Crippen LogP contribution in [0, 0.1) is 0 Å². The summed E-state index contributed by atoms with van der Waals surface area (Å²) in [6, 6.07) is 9.87. The lowest BCUT2D eigenvalue weighted by atomic mass is 10.2. The quantitative estimate of drug-likeness (QED) is 0.576. The van der Waals surface area contributed by atoms with E-state index in [4.69, 9.17) is 4.98 Å². The Bertz CT molecular complexity index is 1090. The Labute approximate surface area is 160 Å². The highest BCUT2D eigenvalue weighted by atomic mass is 32.1. The fraction of sp³-hybridized carbons (Fsp3) is 0.158.